The first-order valence-electron chi connectivity index (χ1n) is 8.50. The number of rotatable bonds is 4. The van der Waals surface area contributed by atoms with E-state index in [1.54, 1.807) is 48.5 Å². The molecule has 4 rings (SSSR count). The van der Waals surface area contributed by atoms with Crippen LogP contribution in [0.15, 0.2) is 63.9 Å². The van der Waals surface area contributed by atoms with E-state index >= 15 is 0 Å². The minimum Gasteiger partial charge on any atom is -0.478 e. The number of carboxylic acids is 1. The fourth-order valence-corrected chi connectivity index (χ4v) is 4.44. The number of anilines is 1. The van der Waals surface area contributed by atoms with E-state index < -0.39 is 5.97 Å². The second-order valence-electron chi connectivity index (χ2n) is 6.20. The van der Waals surface area contributed by atoms with Crippen LogP contribution < -0.4 is 4.90 Å². The van der Waals surface area contributed by atoms with Crippen molar-refractivity contribution in [2.45, 2.75) is 0 Å². The Morgan fingerprint density at radius 1 is 1.10 bits per heavy atom. The summed E-state index contributed by atoms with van der Waals surface area (Å²) in [5.41, 5.74) is 1.17. The van der Waals surface area contributed by atoms with E-state index in [9.17, 15) is 14.7 Å². The molecule has 150 valence electrons. The molecule has 0 saturated carbocycles. The summed E-state index contributed by atoms with van der Waals surface area (Å²) in [6, 6.07) is 14.8. The molecule has 1 fully saturated rings. The molecule has 1 amide bonds. The topological polar surface area (TPSA) is 70.8 Å². The number of thiocarbonyl (C=S) groups is 1. The van der Waals surface area contributed by atoms with Gasteiger partial charge in [-0.1, -0.05) is 47.2 Å². The average Bonchev–Trinajstić information content (AvgIpc) is 3.28. The number of aromatic carboxylic acids is 1. The van der Waals surface area contributed by atoms with Crippen LogP contribution in [0.25, 0.3) is 17.4 Å². The van der Waals surface area contributed by atoms with Crippen molar-refractivity contribution in [3.05, 3.63) is 80.9 Å². The van der Waals surface area contributed by atoms with Crippen LogP contribution in [0.2, 0.25) is 10.0 Å². The molecule has 2 aromatic carbocycles. The van der Waals surface area contributed by atoms with E-state index in [2.05, 4.69) is 0 Å². The van der Waals surface area contributed by atoms with Crippen molar-refractivity contribution in [2.75, 3.05) is 4.90 Å². The molecule has 1 aliphatic heterocycles. The third kappa shape index (κ3) is 4.02. The van der Waals surface area contributed by atoms with Crippen molar-refractivity contribution < 1.29 is 19.1 Å². The Morgan fingerprint density at radius 2 is 1.83 bits per heavy atom. The highest BCUT2D eigenvalue weighted by atomic mass is 35.5. The summed E-state index contributed by atoms with van der Waals surface area (Å²) in [4.78, 5) is 26.0. The zero-order chi connectivity index (χ0) is 21.4. The van der Waals surface area contributed by atoms with Gasteiger partial charge in [-0.15, -0.1) is 0 Å². The standard InChI is InChI=1S/C21H11Cl2NO4S2/c22-12-2-4-13(5-3-12)24-19(25)18(30-21(24)29)10-14-6-8-17(28-14)11-1-7-16(23)15(9-11)20(26)27/h1-10H,(H,26,27)/b18-10+. The van der Waals surface area contributed by atoms with E-state index in [0.717, 1.165) is 0 Å². The van der Waals surface area contributed by atoms with Gasteiger partial charge in [0.15, 0.2) is 4.32 Å². The Morgan fingerprint density at radius 3 is 2.53 bits per heavy atom. The molecule has 1 saturated heterocycles. The van der Waals surface area contributed by atoms with Crippen molar-refractivity contribution in [3.8, 4) is 11.3 Å². The van der Waals surface area contributed by atoms with E-state index in [1.165, 1.54) is 28.8 Å². The molecule has 1 aromatic heterocycles. The summed E-state index contributed by atoms with van der Waals surface area (Å²) in [5, 5.41) is 9.94. The lowest BCUT2D eigenvalue weighted by atomic mass is 10.1. The van der Waals surface area contributed by atoms with Crippen LogP contribution in [-0.4, -0.2) is 21.3 Å². The summed E-state index contributed by atoms with van der Waals surface area (Å²) in [5.74, 6) is -0.494. The van der Waals surface area contributed by atoms with Gasteiger partial charge in [0.05, 0.1) is 21.2 Å². The summed E-state index contributed by atoms with van der Waals surface area (Å²) in [6.45, 7) is 0. The SMILES string of the molecule is O=C(O)c1cc(-c2ccc(/C=C3/SC(=S)N(c4ccc(Cl)cc4)C3=O)o2)ccc1Cl. The van der Waals surface area contributed by atoms with Gasteiger partial charge in [-0.25, -0.2) is 4.79 Å². The minimum atomic E-state index is -1.13. The van der Waals surface area contributed by atoms with E-state index in [4.69, 9.17) is 39.8 Å². The molecule has 30 heavy (non-hydrogen) atoms. The largest absolute Gasteiger partial charge is 0.478 e. The first-order chi connectivity index (χ1) is 14.3. The molecule has 0 spiro atoms. The second kappa shape index (κ2) is 8.28. The Kier molecular flexibility index (Phi) is 5.71. The molecule has 1 N–H and O–H groups in total. The number of halogens is 2. The lowest BCUT2D eigenvalue weighted by Crippen LogP contribution is -2.27. The van der Waals surface area contributed by atoms with Gasteiger partial charge in [0, 0.05) is 16.7 Å². The number of carbonyl (C=O) groups is 2. The number of carboxylic acid groups (broad SMARTS) is 1. The molecule has 1 aliphatic rings. The highest BCUT2D eigenvalue weighted by molar-refractivity contribution is 8.27. The van der Waals surface area contributed by atoms with Crippen LogP contribution in [0.1, 0.15) is 16.1 Å². The van der Waals surface area contributed by atoms with E-state index in [0.29, 0.717) is 37.0 Å². The predicted octanol–water partition coefficient (Wildman–Crippen LogP) is 6.36. The van der Waals surface area contributed by atoms with E-state index in [-0.39, 0.29) is 16.5 Å². The van der Waals surface area contributed by atoms with Crippen LogP contribution in [0, 0.1) is 0 Å². The third-order valence-electron chi connectivity index (χ3n) is 4.26. The van der Waals surface area contributed by atoms with Gasteiger partial charge in [-0.2, -0.15) is 0 Å². The quantitative estimate of drug-likeness (QED) is 0.349. The van der Waals surface area contributed by atoms with Gasteiger partial charge in [0.2, 0.25) is 0 Å². The first kappa shape index (κ1) is 20.7. The maximum absolute atomic E-state index is 12.8. The number of amides is 1. The van der Waals surface area contributed by atoms with Crippen LogP contribution in [0.4, 0.5) is 5.69 Å². The molecule has 0 atom stereocenters. The first-order valence-corrected chi connectivity index (χ1v) is 10.5. The van der Waals surface area contributed by atoms with Gasteiger partial charge >= 0.3 is 5.97 Å². The van der Waals surface area contributed by atoms with Gasteiger partial charge in [-0.05, 0) is 54.6 Å². The lowest BCUT2D eigenvalue weighted by molar-refractivity contribution is -0.113. The average molecular weight is 476 g/mol. The van der Waals surface area contributed by atoms with Crippen LogP contribution in [-0.2, 0) is 4.79 Å². The van der Waals surface area contributed by atoms with Gasteiger partial charge < -0.3 is 9.52 Å². The normalized spacial score (nSPS) is 15.3. The summed E-state index contributed by atoms with van der Waals surface area (Å²) in [7, 11) is 0. The number of carbonyl (C=O) groups excluding carboxylic acids is 1. The maximum Gasteiger partial charge on any atom is 0.337 e. The van der Waals surface area contributed by atoms with Crippen LogP contribution in [0.3, 0.4) is 0 Å². The summed E-state index contributed by atoms with van der Waals surface area (Å²) >= 11 is 18.3. The van der Waals surface area contributed by atoms with Crippen LogP contribution >= 0.6 is 47.2 Å². The number of benzene rings is 2. The van der Waals surface area contributed by atoms with Crippen molar-refractivity contribution in [3.63, 3.8) is 0 Å². The third-order valence-corrected chi connectivity index (χ3v) is 6.14. The molecular weight excluding hydrogens is 465 g/mol. The van der Waals surface area contributed by atoms with Gasteiger partial charge in [0.1, 0.15) is 11.5 Å². The summed E-state index contributed by atoms with van der Waals surface area (Å²) in [6.07, 6.45) is 1.60. The van der Waals surface area contributed by atoms with Crippen LogP contribution in [0.5, 0.6) is 0 Å². The molecular formula is C21H11Cl2NO4S2. The predicted molar refractivity (Wildman–Crippen MR) is 123 cm³/mol. The Bertz CT molecular complexity index is 1220. The van der Waals surface area contributed by atoms with Crippen molar-refractivity contribution in [2.24, 2.45) is 0 Å². The molecule has 3 aromatic rings. The Hall–Kier alpha value is -2.58. The number of nitrogens with zero attached hydrogens (tertiary/aromatic N) is 1. The highest BCUT2D eigenvalue weighted by Gasteiger charge is 2.33. The number of furan rings is 1. The van der Waals surface area contributed by atoms with Crippen molar-refractivity contribution in [1.82, 2.24) is 0 Å². The van der Waals surface area contributed by atoms with Crippen molar-refractivity contribution in [1.29, 1.82) is 0 Å². The smallest absolute Gasteiger partial charge is 0.337 e. The maximum atomic E-state index is 12.8. The molecule has 0 radical (unpaired) electrons. The zero-order valence-electron chi connectivity index (χ0n) is 15.0. The fraction of sp³-hybridized carbons (Fsp3) is 0. The zero-order valence-corrected chi connectivity index (χ0v) is 18.1. The van der Waals surface area contributed by atoms with E-state index in [1.807, 2.05) is 0 Å². The van der Waals surface area contributed by atoms with Gasteiger partial charge in [-0.3, -0.25) is 9.69 Å². The Balaban J connectivity index is 1.61. The molecule has 0 bridgehead atoms. The second-order valence-corrected chi connectivity index (χ2v) is 8.71. The minimum absolute atomic E-state index is 0.0176. The summed E-state index contributed by atoms with van der Waals surface area (Å²) < 4.78 is 6.20. The number of hydrogen-bond donors (Lipinski definition) is 1. The Labute approximate surface area is 190 Å². The molecule has 5 nitrogen and oxygen atoms in total. The molecule has 9 heteroatoms. The highest BCUT2D eigenvalue weighted by Crippen LogP contribution is 2.37. The molecule has 0 aliphatic carbocycles. The van der Waals surface area contributed by atoms with Crippen molar-refractivity contribution >= 4 is 75.1 Å². The molecule has 0 unspecified atom stereocenters. The molecule has 2 heterocycles. The number of hydrogen-bond acceptors (Lipinski definition) is 5. The fourth-order valence-electron chi connectivity index (χ4n) is 2.84. The lowest BCUT2D eigenvalue weighted by Gasteiger charge is -2.14. The monoisotopic (exact) mass is 475 g/mol. The van der Waals surface area contributed by atoms with Gasteiger partial charge in [0.25, 0.3) is 5.91 Å². The number of thioether (sulfide) groups is 1.